The molecule has 1 saturated heterocycles. The standard InChI is InChI=1S/C20H14N2O3S/c23-18(13-7-2-1-3-8-13)16-17(14-9-6-12-26-14)22(20(25)19(16)24)15-10-4-5-11-21-15/h1-12,17,23H/t17-/m1/s1. The van der Waals surface area contributed by atoms with Gasteiger partial charge in [0.2, 0.25) is 0 Å². The number of nitrogens with zero attached hydrogens (tertiary/aromatic N) is 2. The molecule has 1 amide bonds. The van der Waals surface area contributed by atoms with Gasteiger partial charge < -0.3 is 5.11 Å². The molecule has 1 aliphatic rings. The van der Waals surface area contributed by atoms with Crippen molar-refractivity contribution < 1.29 is 14.7 Å². The second-order valence-electron chi connectivity index (χ2n) is 5.74. The highest BCUT2D eigenvalue weighted by Crippen LogP contribution is 2.42. The van der Waals surface area contributed by atoms with Crippen LogP contribution in [0.1, 0.15) is 16.5 Å². The van der Waals surface area contributed by atoms with Gasteiger partial charge in [-0.1, -0.05) is 42.5 Å². The number of rotatable bonds is 3. The van der Waals surface area contributed by atoms with Crippen LogP contribution in [-0.4, -0.2) is 21.8 Å². The molecular formula is C20H14N2O3S. The second kappa shape index (κ2) is 6.57. The first kappa shape index (κ1) is 16.2. The molecule has 2 aromatic heterocycles. The normalized spacial score (nSPS) is 19.1. The van der Waals surface area contributed by atoms with Gasteiger partial charge >= 0.3 is 5.91 Å². The summed E-state index contributed by atoms with van der Waals surface area (Å²) in [5, 5.41) is 12.7. The third-order valence-electron chi connectivity index (χ3n) is 4.20. The van der Waals surface area contributed by atoms with E-state index in [0.717, 1.165) is 4.88 Å². The maximum atomic E-state index is 12.8. The molecule has 0 saturated carbocycles. The molecule has 26 heavy (non-hydrogen) atoms. The molecule has 1 aromatic carbocycles. The average Bonchev–Trinajstić information content (AvgIpc) is 3.30. The van der Waals surface area contributed by atoms with Gasteiger partial charge in [-0.15, -0.1) is 11.3 Å². The van der Waals surface area contributed by atoms with Crippen molar-refractivity contribution >= 4 is 34.6 Å². The Kier molecular flexibility index (Phi) is 4.10. The number of carbonyl (C=O) groups excluding carboxylic acids is 2. The minimum Gasteiger partial charge on any atom is -0.507 e. The van der Waals surface area contributed by atoms with E-state index >= 15 is 0 Å². The number of hydrogen-bond donors (Lipinski definition) is 1. The summed E-state index contributed by atoms with van der Waals surface area (Å²) in [7, 11) is 0. The number of amides is 1. The number of aromatic nitrogens is 1. The third-order valence-corrected chi connectivity index (χ3v) is 5.13. The highest BCUT2D eigenvalue weighted by molar-refractivity contribution is 7.10. The van der Waals surface area contributed by atoms with Gasteiger partial charge in [-0.2, -0.15) is 0 Å². The lowest BCUT2D eigenvalue weighted by Crippen LogP contribution is -2.29. The zero-order valence-electron chi connectivity index (χ0n) is 13.6. The molecule has 1 N–H and O–H groups in total. The van der Waals surface area contributed by atoms with Crippen molar-refractivity contribution in [3.8, 4) is 0 Å². The summed E-state index contributed by atoms with van der Waals surface area (Å²) in [4.78, 5) is 31.9. The Morgan fingerprint density at radius 3 is 2.42 bits per heavy atom. The van der Waals surface area contributed by atoms with Crippen LogP contribution in [0.5, 0.6) is 0 Å². The van der Waals surface area contributed by atoms with Crippen LogP contribution in [0.4, 0.5) is 5.82 Å². The maximum absolute atomic E-state index is 12.8. The molecule has 1 atom stereocenters. The Bertz CT molecular complexity index is 982. The second-order valence-corrected chi connectivity index (χ2v) is 6.72. The minimum atomic E-state index is -0.713. The molecule has 0 spiro atoms. The van der Waals surface area contributed by atoms with Crippen LogP contribution in [0.15, 0.2) is 77.8 Å². The number of thiophene rings is 1. The van der Waals surface area contributed by atoms with Gasteiger partial charge in [0, 0.05) is 16.6 Å². The van der Waals surface area contributed by atoms with Gasteiger partial charge in [0.15, 0.2) is 0 Å². The van der Waals surface area contributed by atoms with Gasteiger partial charge in [-0.05, 0) is 23.6 Å². The van der Waals surface area contributed by atoms with E-state index in [-0.39, 0.29) is 11.3 Å². The minimum absolute atomic E-state index is 0.0781. The third kappa shape index (κ3) is 2.60. The summed E-state index contributed by atoms with van der Waals surface area (Å²) in [5.74, 6) is -1.21. The smallest absolute Gasteiger partial charge is 0.301 e. The first-order valence-electron chi connectivity index (χ1n) is 7.99. The molecule has 4 rings (SSSR count). The Morgan fingerprint density at radius 1 is 1.00 bits per heavy atom. The number of aliphatic hydroxyl groups is 1. The van der Waals surface area contributed by atoms with E-state index in [2.05, 4.69) is 4.98 Å². The fourth-order valence-corrected chi connectivity index (χ4v) is 3.86. The van der Waals surface area contributed by atoms with Crippen LogP contribution in [0, 0.1) is 0 Å². The zero-order chi connectivity index (χ0) is 18.1. The summed E-state index contributed by atoms with van der Waals surface area (Å²) in [6.45, 7) is 0. The van der Waals surface area contributed by atoms with E-state index in [1.54, 1.807) is 48.7 Å². The Balaban J connectivity index is 1.94. The number of pyridine rings is 1. The fraction of sp³-hybridized carbons (Fsp3) is 0.0500. The van der Waals surface area contributed by atoms with Gasteiger partial charge in [-0.25, -0.2) is 4.98 Å². The van der Waals surface area contributed by atoms with Crippen molar-refractivity contribution in [1.29, 1.82) is 0 Å². The molecular weight excluding hydrogens is 348 g/mol. The van der Waals surface area contributed by atoms with E-state index in [1.807, 2.05) is 23.6 Å². The average molecular weight is 362 g/mol. The first-order chi connectivity index (χ1) is 12.7. The van der Waals surface area contributed by atoms with Gasteiger partial charge in [0.1, 0.15) is 17.6 Å². The van der Waals surface area contributed by atoms with Crippen molar-refractivity contribution in [1.82, 2.24) is 4.98 Å². The van der Waals surface area contributed by atoms with Crippen molar-refractivity contribution in [2.45, 2.75) is 6.04 Å². The molecule has 128 valence electrons. The molecule has 3 aromatic rings. The molecule has 0 aliphatic carbocycles. The summed E-state index contributed by atoms with van der Waals surface area (Å²) in [6.07, 6.45) is 1.57. The van der Waals surface area contributed by atoms with Crippen molar-refractivity contribution in [2.75, 3.05) is 4.90 Å². The van der Waals surface area contributed by atoms with Crippen molar-refractivity contribution in [3.63, 3.8) is 0 Å². The maximum Gasteiger partial charge on any atom is 0.301 e. The van der Waals surface area contributed by atoms with Crippen LogP contribution in [0.2, 0.25) is 0 Å². The quantitative estimate of drug-likeness (QED) is 0.437. The predicted molar refractivity (Wildman–Crippen MR) is 99.8 cm³/mol. The number of benzene rings is 1. The Hall–Kier alpha value is -3.25. The van der Waals surface area contributed by atoms with E-state index in [4.69, 9.17) is 0 Å². The number of carbonyl (C=O) groups is 2. The lowest BCUT2D eigenvalue weighted by atomic mass is 10.00. The predicted octanol–water partition coefficient (Wildman–Crippen LogP) is 3.77. The number of Topliss-reactive ketones (excluding diaryl/α,β-unsaturated/α-hetero) is 1. The largest absolute Gasteiger partial charge is 0.507 e. The molecule has 0 bridgehead atoms. The SMILES string of the molecule is O=C1C(=O)N(c2ccccn2)[C@H](c2cccs2)C1=C(O)c1ccccc1. The molecule has 3 heterocycles. The topological polar surface area (TPSA) is 70.5 Å². The molecule has 1 aliphatic heterocycles. The van der Waals surface area contributed by atoms with Crippen LogP contribution in [0.25, 0.3) is 5.76 Å². The molecule has 5 nitrogen and oxygen atoms in total. The zero-order valence-corrected chi connectivity index (χ0v) is 14.4. The van der Waals surface area contributed by atoms with Crippen LogP contribution < -0.4 is 4.90 Å². The molecule has 1 fully saturated rings. The van der Waals surface area contributed by atoms with E-state index in [0.29, 0.717) is 11.4 Å². The summed E-state index contributed by atoms with van der Waals surface area (Å²) >= 11 is 1.42. The molecule has 6 heteroatoms. The summed E-state index contributed by atoms with van der Waals surface area (Å²) in [6, 6.07) is 16.9. The number of aliphatic hydroxyl groups excluding tert-OH is 1. The lowest BCUT2D eigenvalue weighted by Gasteiger charge is -2.22. The summed E-state index contributed by atoms with van der Waals surface area (Å²) < 4.78 is 0. The van der Waals surface area contributed by atoms with Crippen molar-refractivity contribution in [2.24, 2.45) is 0 Å². The molecule has 0 unspecified atom stereocenters. The fourth-order valence-electron chi connectivity index (χ4n) is 3.03. The van der Waals surface area contributed by atoms with Gasteiger partial charge in [-0.3, -0.25) is 14.5 Å². The van der Waals surface area contributed by atoms with Crippen molar-refractivity contribution in [3.05, 3.63) is 88.3 Å². The Morgan fingerprint density at radius 2 is 1.77 bits per heavy atom. The first-order valence-corrected chi connectivity index (χ1v) is 8.87. The number of ketones is 1. The van der Waals surface area contributed by atoms with Gasteiger partial charge in [0.25, 0.3) is 5.78 Å². The number of anilines is 1. The highest BCUT2D eigenvalue weighted by Gasteiger charge is 2.47. The Labute approximate surface area is 153 Å². The van der Waals surface area contributed by atoms with Crippen LogP contribution >= 0.6 is 11.3 Å². The number of hydrogen-bond acceptors (Lipinski definition) is 5. The van der Waals surface area contributed by atoms with E-state index < -0.39 is 17.7 Å². The van der Waals surface area contributed by atoms with Crippen LogP contribution in [0.3, 0.4) is 0 Å². The highest BCUT2D eigenvalue weighted by atomic mass is 32.1. The van der Waals surface area contributed by atoms with E-state index in [9.17, 15) is 14.7 Å². The molecule has 0 radical (unpaired) electrons. The monoisotopic (exact) mass is 362 g/mol. The summed E-state index contributed by atoms with van der Waals surface area (Å²) in [5.41, 5.74) is 0.572. The van der Waals surface area contributed by atoms with Gasteiger partial charge in [0.05, 0.1) is 5.57 Å². The lowest BCUT2D eigenvalue weighted by molar-refractivity contribution is -0.132. The van der Waals surface area contributed by atoms with E-state index in [1.165, 1.54) is 16.2 Å². The van der Waals surface area contributed by atoms with Crippen LogP contribution in [-0.2, 0) is 9.59 Å².